The third-order valence-electron chi connectivity index (χ3n) is 3.03. The molecule has 1 heterocycles. The van der Waals surface area contributed by atoms with E-state index in [9.17, 15) is 4.79 Å². The predicted octanol–water partition coefficient (Wildman–Crippen LogP) is 2.35. The fourth-order valence-corrected chi connectivity index (χ4v) is 2.01. The number of nitrogens with zero attached hydrogens (tertiary/aromatic N) is 2. The summed E-state index contributed by atoms with van der Waals surface area (Å²) in [6.45, 7) is 0.324. The lowest BCUT2D eigenvalue weighted by molar-refractivity contribution is 0.100. The van der Waals surface area contributed by atoms with E-state index < -0.39 is 0 Å². The van der Waals surface area contributed by atoms with E-state index >= 15 is 0 Å². The Hall–Kier alpha value is -2.23. The van der Waals surface area contributed by atoms with Crippen molar-refractivity contribution in [1.82, 2.24) is 4.57 Å². The molecule has 0 fully saturated rings. The van der Waals surface area contributed by atoms with Gasteiger partial charge in [0.15, 0.2) is 5.78 Å². The Morgan fingerprint density at radius 2 is 2.05 bits per heavy atom. The molecule has 0 spiro atoms. The maximum Gasteiger partial charge on any atom is 0.183 e. The minimum Gasteiger partial charge on any atom is -0.495 e. The molecule has 2 aromatic rings. The molecular weight excluding hydrogens is 240 g/mol. The van der Waals surface area contributed by atoms with E-state index in [4.69, 9.17) is 4.74 Å². The van der Waals surface area contributed by atoms with Crippen molar-refractivity contribution in [2.45, 2.75) is 0 Å². The number of anilines is 1. The minimum atomic E-state index is 0.0917. The highest BCUT2D eigenvalue weighted by atomic mass is 16.5. The molecule has 1 aromatic carbocycles. The second-order valence-electron chi connectivity index (χ2n) is 4.52. The Morgan fingerprint density at radius 1 is 1.32 bits per heavy atom. The lowest BCUT2D eigenvalue weighted by atomic mass is 10.2. The van der Waals surface area contributed by atoms with Crippen LogP contribution in [0.1, 0.15) is 10.4 Å². The number of Topliss-reactive ketones (excluding diaryl/α,β-unsaturated/α-hetero) is 1. The summed E-state index contributed by atoms with van der Waals surface area (Å²) in [5, 5.41) is 0. The summed E-state index contributed by atoms with van der Waals surface area (Å²) in [4.78, 5) is 14.0. The van der Waals surface area contributed by atoms with Crippen LogP contribution in [0.2, 0.25) is 0 Å². The SMILES string of the molecule is COc1ccccc1N(C)CC(=O)c1ccn(C)c1. The third kappa shape index (κ3) is 2.96. The number of aryl methyl sites for hydroxylation is 1. The second kappa shape index (κ2) is 5.61. The standard InChI is InChI=1S/C15H18N2O2/c1-16-9-8-12(10-16)14(18)11-17(2)13-6-4-5-7-15(13)19-3/h4-10H,11H2,1-3H3. The van der Waals surface area contributed by atoms with Crippen molar-refractivity contribution in [1.29, 1.82) is 0 Å². The fraction of sp³-hybridized carbons (Fsp3) is 0.267. The molecule has 4 heteroatoms. The smallest absolute Gasteiger partial charge is 0.183 e. The van der Waals surface area contributed by atoms with Crippen molar-refractivity contribution in [3.8, 4) is 5.75 Å². The molecule has 0 aliphatic carbocycles. The quantitative estimate of drug-likeness (QED) is 0.772. The van der Waals surface area contributed by atoms with Crippen LogP contribution in [-0.2, 0) is 7.05 Å². The Morgan fingerprint density at radius 3 is 2.68 bits per heavy atom. The van der Waals surface area contributed by atoms with Crippen LogP contribution in [0.3, 0.4) is 0 Å². The third-order valence-corrected chi connectivity index (χ3v) is 3.03. The molecule has 0 bridgehead atoms. The van der Waals surface area contributed by atoms with Crippen molar-refractivity contribution in [2.75, 3.05) is 25.6 Å². The number of hydrogen-bond donors (Lipinski definition) is 0. The number of carbonyl (C=O) groups is 1. The van der Waals surface area contributed by atoms with E-state index in [1.165, 1.54) is 0 Å². The number of ether oxygens (including phenoxy) is 1. The molecule has 0 saturated carbocycles. The van der Waals surface area contributed by atoms with Gasteiger partial charge in [-0.1, -0.05) is 12.1 Å². The molecule has 0 aliphatic rings. The van der Waals surface area contributed by atoms with Crippen LogP contribution in [-0.4, -0.2) is 31.1 Å². The van der Waals surface area contributed by atoms with Crippen molar-refractivity contribution in [2.24, 2.45) is 7.05 Å². The number of ketones is 1. The van der Waals surface area contributed by atoms with Gasteiger partial charge in [0.05, 0.1) is 19.3 Å². The first-order valence-electron chi connectivity index (χ1n) is 6.11. The molecule has 0 aliphatic heterocycles. The Balaban J connectivity index is 2.12. The molecule has 2 rings (SSSR count). The van der Waals surface area contributed by atoms with Gasteiger partial charge in [0.2, 0.25) is 0 Å². The molecule has 0 amide bonds. The number of aromatic nitrogens is 1. The van der Waals surface area contributed by atoms with Crippen molar-refractivity contribution < 1.29 is 9.53 Å². The largest absolute Gasteiger partial charge is 0.495 e. The fourth-order valence-electron chi connectivity index (χ4n) is 2.01. The molecule has 0 unspecified atom stereocenters. The van der Waals surface area contributed by atoms with E-state index in [0.717, 1.165) is 17.0 Å². The average Bonchev–Trinajstić information content (AvgIpc) is 2.85. The molecule has 0 radical (unpaired) electrons. The van der Waals surface area contributed by atoms with Gasteiger partial charge in [-0.25, -0.2) is 0 Å². The van der Waals surface area contributed by atoms with Crippen molar-refractivity contribution >= 4 is 11.5 Å². The van der Waals surface area contributed by atoms with Gasteiger partial charge in [0.25, 0.3) is 0 Å². The summed E-state index contributed by atoms with van der Waals surface area (Å²) in [6, 6.07) is 9.50. The summed E-state index contributed by atoms with van der Waals surface area (Å²) >= 11 is 0. The highest BCUT2D eigenvalue weighted by Crippen LogP contribution is 2.26. The van der Waals surface area contributed by atoms with Gasteiger partial charge in [-0.2, -0.15) is 0 Å². The number of hydrogen-bond acceptors (Lipinski definition) is 3. The van der Waals surface area contributed by atoms with Crippen LogP contribution >= 0.6 is 0 Å². The first-order chi connectivity index (χ1) is 9.11. The number of benzene rings is 1. The van der Waals surface area contributed by atoms with Gasteiger partial charge >= 0.3 is 0 Å². The van der Waals surface area contributed by atoms with E-state index in [0.29, 0.717) is 6.54 Å². The summed E-state index contributed by atoms with van der Waals surface area (Å²) in [7, 11) is 5.42. The zero-order valence-electron chi connectivity index (χ0n) is 11.5. The molecule has 1 aromatic heterocycles. The van der Waals surface area contributed by atoms with Gasteiger partial charge in [-0.3, -0.25) is 4.79 Å². The van der Waals surface area contributed by atoms with Crippen molar-refractivity contribution in [3.05, 3.63) is 48.3 Å². The lowest BCUT2D eigenvalue weighted by Gasteiger charge is -2.20. The molecule has 0 N–H and O–H groups in total. The highest BCUT2D eigenvalue weighted by Gasteiger charge is 2.13. The van der Waals surface area contributed by atoms with E-state index in [2.05, 4.69) is 0 Å². The number of para-hydroxylation sites is 2. The zero-order chi connectivity index (χ0) is 13.8. The summed E-state index contributed by atoms with van der Waals surface area (Å²) in [5.41, 5.74) is 1.64. The predicted molar refractivity (Wildman–Crippen MR) is 76.0 cm³/mol. The van der Waals surface area contributed by atoms with Crippen LogP contribution in [0, 0.1) is 0 Å². The molecule has 0 saturated heterocycles. The van der Waals surface area contributed by atoms with E-state index in [-0.39, 0.29) is 5.78 Å². The summed E-state index contributed by atoms with van der Waals surface area (Å²) in [6.07, 6.45) is 3.70. The van der Waals surface area contributed by atoms with Crippen LogP contribution < -0.4 is 9.64 Å². The molecule has 0 atom stereocenters. The number of rotatable bonds is 5. The van der Waals surface area contributed by atoms with Gasteiger partial charge in [-0.15, -0.1) is 0 Å². The first-order valence-corrected chi connectivity index (χ1v) is 6.11. The topological polar surface area (TPSA) is 34.5 Å². The monoisotopic (exact) mass is 258 g/mol. The summed E-state index contributed by atoms with van der Waals surface area (Å²) in [5.74, 6) is 0.861. The molecular formula is C15H18N2O2. The molecule has 4 nitrogen and oxygen atoms in total. The van der Waals surface area contributed by atoms with Crippen LogP contribution in [0.5, 0.6) is 5.75 Å². The Kier molecular flexibility index (Phi) is 3.90. The summed E-state index contributed by atoms with van der Waals surface area (Å²) < 4.78 is 7.17. The van der Waals surface area contributed by atoms with Crippen LogP contribution in [0.15, 0.2) is 42.7 Å². The van der Waals surface area contributed by atoms with Crippen LogP contribution in [0.25, 0.3) is 0 Å². The zero-order valence-corrected chi connectivity index (χ0v) is 11.5. The highest BCUT2D eigenvalue weighted by molar-refractivity contribution is 5.99. The van der Waals surface area contributed by atoms with E-state index in [1.807, 2.05) is 66.3 Å². The molecule has 19 heavy (non-hydrogen) atoms. The average molecular weight is 258 g/mol. The Labute approximate surface area is 113 Å². The maximum absolute atomic E-state index is 12.1. The minimum absolute atomic E-state index is 0.0917. The maximum atomic E-state index is 12.1. The van der Waals surface area contributed by atoms with Gasteiger partial charge in [-0.05, 0) is 18.2 Å². The first kappa shape index (κ1) is 13.2. The van der Waals surface area contributed by atoms with Crippen molar-refractivity contribution in [3.63, 3.8) is 0 Å². The van der Waals surface area contributed by atoms with Crippen LogP contribution in [0.4, 0.5) is 5.69 Å². The van der Waals surface area contributed by atoms with E-state index in [1.54, 1.807) is 7.11 Å². The number of carbonyl (C=O) groups excluding carboxylic acids is 1. The normalized spacial score (nSPS) is 10.3. The second-order valence-corrected chi connectivity index (χ2v) is 4.52. The van der Waals surface area contributed by atoms with Gasteiger partial charge in [0.1, 0.15) is 5.75 Å². The number of likely N-dealkylation sites (N-methyl/N-ethyl adjacent to an activating group) is 1. The molecule has 100 valence electrons. The number of methoxy groups -OCH3 is 1. The Bertz CT molecular complexity index is 575. The van der Waals surface area contributed by atoms with Gasteiger partial charge < -0.3 is 14.2 Å². The van der Waals surface area contributed by atoms with Gasteiger partial charge in [0, 0.05) is 32.1 Å². The lowest BCUT2D eigenvalue weighted by Crippen LogP contribution is -2.25.